The van der Waals surface area contributed by atoms with Crippen molar-refractivity contribution < 1.29 is 27.4 Å². The van der Waals surface area contributed by atoms with Crippen LogP contribution in [-0.2, 0) is 4.79 Å². The Morgan fingerprint density at radius 2 is 1.12 bits per heavy atom. The van der Waals surface area contributed by atoms with Crippen LogP contribution in [0.1, 0.15) is 0 Å². The number of benzene rings is 4. The van der Waals surface area contributed by atoms with Crippen LogP contribution in [0, 0.1) is 0 Å². The number of ether oxygens (including phenoxy) is 2. The van der Waals surface area contributed by atoms with Crippen LogP contribution >= 0.6 is 23.2 Å². The van der Waals surface area contributed by atoms with Crippen LogP contribution in [0.5, 0.6) is 11.5 Å². The average Bonchev–Trinajstić information content (AvgIpc) is 3.12. The number of methoxy groups -OCH3 is 2. The van der Waals surface area contributed by atoms with Gasteiger partial charge in [0.25, 0.3) is 0 Å². The number of hydrogen-bond acceptors (Lipinski definition) is 10. The first-order valence-corrected chi connectivity index (χ1v) is 15.9. The zero-order chi connectivity index (χ0) is 37.3. The van der Waals surface area contributed by atoms with Crippen molar-refractivity contribution >= 4 is 64.0 Å². The fourth-order valence-electron chi connectivity index (χ4n) is 4.57. The number of anilines is 6. The number of amides is 1. The molecule has 6 aromatic rings. The summed E-state index contributed by atoms with van der Waals surface area (Å²) in [5, 5.41) is 8.64. The predicted octanol–water partition coefficient (Wildman–Crippen LogP) is 9.18. The summed E-state index contributed by atoms with van der Waals surface area (Å²) in [4.78, 5) is 27.7. The van der Waals surface area contributed by atoms with E-state index in [1.807, 2.05) is 42.5 Å². The number of aromatic nitrogens is 4. The molecule has 266 valence electrons. The zero-order valence-electron chi connectivity index (χ0n) is 27.4. The lowest BCUT2D eigenvalue weighted by molar-refractivity contribution is -0.167. The smallest absolute Gasteiger partial charge is 0.471 e. The fourth-order valence-corrected chi connectivity index (χ4v) is 5.08. The normalized spacial score (nSPS) is 10.8. The highest BCUT2D eigenvalue weighted by Crippen LogP contribution is 2.31. The molecule has 0 aliphatic heterocycles. The zero-order valence-corrected chi connectivity index (χ0v) is 28.9. The number of nitrogens with zero attached hydrogens (tertiary/aromatic N) is 4. The highest BCUT2D eigenvalue weighted by molar-refractivity contribution is 6.32. The summed E-state index contributed by atoms with van der Waals surface area (Å²) < 4.78 is 48.1. The van der Waals surface area contributed by atoms with Crippen LogP contribution < -0.4 is 31.2 Å². The van der Waals surface area contributed by atoms with Gasteiger partial charge in [-0.3, -0.25) is 10.1 Å². The highest BCUT2D eigenvalue weighted by atomic mass is 35.5. The van der Waals surface area contributed by atoms with E-state index in [1.54, 1.807) is 73.1 Å². The number of rotatable bonds is 9. The van der Waals surface area contributed by atoms with Crippen LogP contribution in [-0.4, -0.2) is 46.2 Å². The number of alkyl halides is 3. The van der Waals surface area contributed by atoms with E-state index < -0.39 is 18.0 Å². The molecule has 4 aromatic carbocycles. The van der Waals surface area contributed by atoms with E-state index in [0.717, 1.165) is 16.9 Å². The Hall–Kier alpha value is -6.12. The number of nitrogen functional groups attached to an aromatic ring is 1. The quantitative estimate of drug-likeness (QED) is 0.113. The van der Waals surface area contributed by atoms with Crippen molar-refractivity contribution in [1.29, 1.82) is 0 Å². The van der Waals surface area contributed by atoms with E-state index in [9.17, 15) is 18.0 Å². The maximum absolute atomic E-state index is 12.6. The third kappa shape index (κ3) is 9.99. The van der Waals surface area contributed by atoms with Crippen molar-refractivity contribution in [3.8, 4) is 34.0 Å². The van der Waals surface area contributed by atoms with Gasteiger partial charge in [0, 0.05) is 34.6 Å². The predicted molar refractivity (Wildman–Crippen MR) is 197 cm³/mol. The Kier molecular flexibility index (Phi) is 11.9. The highest BCUT2D eigenvalue weighted by Gasteiger charge is 2.39. The van der Waals surface area contributed by atoms with Gasteiger partial charge in [0.1, 0.15) is 23.1 Å². The molecule has 0 unspecified atom stereocenters. The molecule has 11 nitrogen and oxygen atoms in total. The van der Waals surface area contributed by atoms with Crippen molar-refractivity contribution in [3.63, 3.8) is 0 Å². The van der Waals surface area contributed by atoms with Gasteiger partial charge in [0.2, 0.25) is 11.9 Å². The first-order valence-electron chi connectivity index (χ1n) is 15.2. The Bertz CT molecular complexity index is 2160. The average molecular weight is 750 g/mol. The second-order valence-corrected chi connectivity index (χ2v) is 11.4. The summed E-state index contributed by atoms with van der Waals surface area (Å²) in [5.41, 5.74) is 9.79. The summed E-state index contributed by atoms with van der Waals surface area (Å²) in [6.07, 6.45) is -5.07. The second kappa shape index (κ2) is 16.7. The van der Waals surface area contributed by atoms with Crippen molar-refractivity contribution in [2.75, 3.05) is 35.9 Å². The van der Waals surface area contributed by atoms with E-state index in [2.05, 4.69) is 30.6 Å². The van der Waals surface area contributed by atoms with E-state index in [0.29, 0.717) is 44.3 Å². The molecular weight excluding hydrogens is 720 g/mol. The lowest BCUT2D eigenvalue weighted by Crippen LogP contribution is -2.30. The monoisotopic (exact) mass is 748 g/mol. The topological polar surface area (TPSA) is 149 Å². The van der Waals surface area contributed by atoms with Gasteiger partial charge >= 0.3 is 12.1 Å². The van der Waals surface area contributed by atoms with Gasteiger partial charge in [-0.25, -0.2) is 9.97 Å². The SMILES string of the molecule is COc1ccc(Nc2cc(-c3ccccc3)nc(N)n2)cc1Cl.COc1ccc(Nc2cc(-c3ccccc3)nc(NC(=O)C(F)(F)F)n2)cc1Cl. The molecule has 0 aliphatic rings. The lowest BCUT2D eigenvalue weighted by Gasteiger charge is -2.12. The van der Waals surface area contributed by atoms with E-state index in [4.69, 9.17) is 38.4 Å². The summed E-state index contributed by atoms with van der Waals surface area (Å²) in [6.45, 7) is 0. The standard InChI is InChI=1S/C19H14ClF3N4O2.C17H15ClN4O/c1-29-15-8-7-12(9-13(15)20)24-16-10-14(11-5-3-2-4-6-11)25-18(26-16)27-17(28)19(21,22)23;1-23-15-8-7-12(9-13(15)18)20-16-10-14(21-17(19)22-16)11-5-3-2-4-6-11/h2-10H,1H3,(H2,24,25,26,27,28);2-10H,1H3,(H3,19,20,21,22). The van der Waals surface area contributed by atoms with Gasteiger partial charge in [0.05, 0.1) is 35.7 Å². The fraction of sp³-hybridized carbons (Fsp3) is 0.0833. The Labute approximate surface area is 306 Å². The van der Waals surface area contributed by atoms with Crippen LogP contribution in [0.25, 0.3) is 22.5 Å². The Balaban J connectivity index is 0.000000206. The Morgan fingerprint density at radius 1 is 0.654 bits per heavy atom. The van der Waals surface area contributed by atoms with Crippen molar-refractivity contribution in [1.82, 2.24) is 19.9 Å². The van der Waals surface area contributed by atoms with Gasteiger partial charge in [-0.2, -0.15) is 23.1 Å². The molecule has 5 N–H and O–H groups in total. The molecule has 0 aliphatic carbocycles. The van der Waals surface area contributed by atoms with Crippen molar-refractivity contribution in [3.05, 3.63) is 119 Å². The number of carbonyl (C=O) groups is 1. The third-order valence-electron chi connectivity index (χ3n) is 6.94. The summed E-state index contributed by atoms with van der Waals surface area (Å²) in [5.74, 6) is -0.618. The molecule has 2 heterocycles. The minimum Gasteiger partial charge on any atom is -0.495 e. The largest absolute Gasteiger partial charge is 0.495 e. The molecular formula is C36H29Cl2F3N8O3. The molecule has 0 bridgehead atoms. The van der Waals surface area contributed by atoms with Crippen LogP contribution in [0.3, 0.4) is 0 Å². The van der Waals surface area contributed by atoms with Gasteiger partial charge < -0.3 is 25.8 Å². The molecule has 52 heavy (non-hydrogen) atoms. The molecule has 16 heteroatoms. The molecule has 0 saturated carbocycles. The van der Waals surface area contributed by atoms with Crippen molar-refractivity contribution in [2.24, 2.45) is 0 Å². The van der Waals surface area contributed by atoms with Crippen LogP contribution in [0.4, 0.5) is 48.1 Å². The van der Waals surface area contributed by atoms with Crippen LogP contribution in [0.15, 0.2) is 109 Å². The molecule has 6 rings (SSSR count). The molecule has 0 atom stereocenters. The lowest BCUT2D eigenvalue weighted by atomic mass is 10.1. The minimum absolute atomic E-state index is 0.164. The van der Waals surface area contributed by atoms with Gasteiger partial charge in [-0.1, -0.05) is 83.9 Å². The van der Waals surface area contributed by atoms with Crippen molar-refractivity contribution in [2.45, 2.75) is 6.18 Å². The maximum Gasteiger partial charge on any atom is 0.471 e. The number of halogens is 5. The van der Waals surface area contributed by atoms with E-state index in [-0.39, 0.29) is 11.8 Å². The van der Waals surface area contributed by atoms with Gasteiger partial charge in [0.15, 0.2) is 0 Å². The number of nitrogens with two attached hydrogens (primary N) is 1. The molecule has 2 aromatic heterocycles. The van der Waals surface area contributed by atoms with Gasteiger partial charge in [-0.05, 0) is 36.4 Å². The molecule has 0 saturated heterocycles. The van der Waals surface area contributed by atoms with E-state index in [1.165, 1.54) is 13.2 Å². The van der Waals surface area contributed by atoms with Gasteiger partial charge in [-0.15, -0.1) is 0 Å². The first kappa shape index (κ1) is 37.1. The second-order valence-electron chi connectivity index (χ2n) is 10.6. The maximum atomic E-state index is 12.6. The number of nitrogens with one attached hydrogen (secondary N) is 3. The Morgan fingerprint density at radius 3 is 1.56 bits per heavy atom. The summed E-state index contributed by atoms with van der Waals surface area (Å²) in [7, 11) is 3.05. The first-order chi connectivity index (χ1) is 24.9. The van der Waals surface area contributed by atoms with Crippen LogP contribution in [0.2, 0.25) is 10.0 Å². The molecule has 0 spiro atoms. The molecule has 0 fully saturated rings. The summed E-state index contributed by atoms with van der Waals surface area (Å²) in [6, 6.07) is 32.2. The summed E-state index contributed by atoms with van der Waals surface area (Å²) >= 11 is 12.2. The molecule has 1 amide bonds. The number of hydrogen-bond donors (Lipinski definition) is 4. The third-order valence-corrected chi connectivity index (χ3v) is 7.53. The minimum atomic E-state index is -5.07. The number of carbonyl (C=O) groups excluding carboxylic acids is 1. The molecule has 0 radical (unpaired) electrons. The van der Waals surface area contributed by atoms with E-state index >= 15 is 0 Å².